The Bertz CT molecular complexity index is 1240. The third-order valence-electron chi connectivity index (χ3n) is 5.29. The molecule has 1 N–H and O–H groups in total. The number of aryl methyl sites for hydroxylation is 2. The lowest BCUT2D eigenvalue weighted by Crippen LogP contribution is -2.25. The van der Waals surface area contributed by atoms with Gasteiger partial charge in [-0.15, -0.1) is 3.71 Å². The quantitative estimate of drug-likeness (QED) is 0.370. The van der Waals surface area contributed by atoms with E-state index in [1.807, 2.05) is 24.3 Å². The van der Waals surface area contributed by atoms with Crippen LogP contribution in [0.25, 0.3) is 0 Å². The van der Waals surface area contributed by atoms with E-state index in [0.717, 1.165) is 29.0 Å². The van der Waals surface area contributed by atoms with Crippen LogP contribution in [0.3, 0.4) is 0 Å². The number of carbonyl (C=O) groups is 1. The van der Waals surface area contributed by atoms with E-state index in [9.17, 15) is 18.3 Å². The maximum atomic E-state index is 13.3. The van der Waals surface area contributed by atoms with Crippen molar-refractivity contribution in [2.75, 3.05) is 6.54 Å². The number of hydrogen-bond acceptors (Lipinski definition) is 5. The first-order chi connectivity index (χ1) is 15.6. The van der Waals surface area contributed by atoms with Crippen LogP contribution >= 0.6 is 11.9 Å². The molecule has 8 heteroatoms. The molecule has 3 aromatic carbocycles. The molecule has 0 aliphatic heterocycles. The highest BCUT2D eigenvalue weighted by molar-refractivity contribution is 8.08. The normalized spacial score (nSPS) is 11.5. The molecule has 0 saturated heterocycles. The molecule has 0 fully saturated rings. The highest BCUT2D eigenvalue weighted by atomic mass is 32.3. The van der Waals surface area contributed by atoms with Crippen molar-refractivity contribution in [1.29, 1.82) is 0 Å². The predicted octanol–water partition coefficient (Wildman–Crippen LogP) is 6.07. The second-order valence-electron chi connectivity index (χ2n) is 7.50. The zero-order valence-corrected chi connectivity index (χ0v) is 20.7. The number of ether oxygens (including phenoxy) is 1. The zero-order chi connectivity index (χ0) is 24.2. The summed E-state index contributed by atoms with van der Waals surface area (Å²) in [4.78, 5) is 12.2. The van der Waals surface area contributed by atoms with Gasteiger partial charge in [0.2, 0.25) is 0 Å². The summed E-state index contributed by atoms with van der Waals surface area (Å²) in [5.41, 5.74) is 2.39. The molecular formula is C25H27NO5S2. The lowest BCUT2D eigenvalue weighted by molar-refractivity contribution is 0.0695. The van der Waals surface area contributed by atoms with Crippen LogP contribution in [0.1, 0.15) is 40.9 Å². The van der Waals surface area contributed by atoms with Crippen LogP contribution in [0.5, 0.6) is 11.5 Å². The number of sulfonamides is 1. The minimum atomic E-state index is -3.91. The predicted molar refractivity (Wildman–Crippen MR) is 131 cm³/mol. The molecule has 0 unspecified atom stereocenters. The molecule has 0 aromatic heterocycles. The first kappa shape index (κ1) is 24.8. The van der Waals surface area contributed by atoms with Gasteiger partial charge in [0.05, 0.1) is 10.5 Å². The Morgan fingerprint density at radius 2 is 1.55 bits per heavy atom. The summed E-state index contributed by atoms with van der Waals surface area (Å²) in [7, 11) is -3.91. The van der Waals surface area contributed by atoms with Gasteiger partial charge in [-0.3, -0.25) is 0 Å². The van der Waals surface area contributed by atoms with Crippen molar-refractivity contribution in [3.05, 3.63) is 82.9 Å². The minimum absolute atomic E-state index is 0.0110. The summed E-state index contributed by atoms with van der Waals surface area (Å²) >= 11 is 1.08. The third-order valence-corrected chi connectivity index (χ3v) is 8.68. The molecule has 3 rings (SSSR count). The van der Waals surface area contributed by atoms with E-state index in [-0.39, 0.29) is 17.0 Å². The van der Waals surface area contributed by atoms with E-state index in [1.165, 1.54) is 21.4 Å². The monoisotopic (exact) mass is 485 g/mol. The number of carboxylic acid groups (broad SMARTS) is 1. The fourth-order valence-electron chi connectivity index (χ4n) is 3.21. The Labute approximate surface area is 199 Å². The lowest BCUT2D eigenvalue weighted by Gasteiger charge is -2.20. The Balaban J connectivity index is 1.79. The van der Waals surface area contributed by atoms with Gasteiger partial charge in [-0.25, -0.2) is 13.2 Å². The van der Waals surface area contributed by atoms with Crippen LogP contribution in [0, 0.1) is 13.8 Å². The summed E-state index contributed by atoms with van der Waals surface area (Å²) in [6.07, 6.45) is 0.961. The number of aromatic carboxylic acids is 1. The van der Waals surface area contributed by atoms with Gasteiger partial charge in [0.1, 0.15) is 11.5 Å². The maximum absolute atomic E-state index is 13.3. The maximum Gasteiger partial charge on any atom is 0.336 e. The van der Waals surface area contributed by atoms with Crippen LogP contribution in [-0.2, 0) is 16.4 Å². The average molecular weight is 486 g/mol. The number of benzene rings is 3. The van der Waals surface area contributed by atoms with E-state index in [2.05, 4.69) is 6.92 Å². The second kappa shape index (κ2) is 10.4. The molecule has 0 aliphatic carbocycles. The molecule has 0 aliphatic rings. The summed E-state index contributed by atoms with van der Waals surface area (Å²) in [6.45, 7) is 7.42. The van der Waals surface area contributed by atoms with Gasteiger partial charge in [0.25, 0.3) is 10.0 Å². The van der Waals surface area contributed by atoms with Crippen molar-refractivity contribution >= 4 is 27.9 Å². The second-order valence-corrected chi connectivity index (χ2v) is 10.7. The largest absolute Gasteiger partial charge is 0.478 e. The lowest BCUT2D eigenvalue weighted by atomic mass is 10.0. The van der Waals surface area contributed by atoms with E-state index in [4.69, 9.17) is 4.74 Å². The van der Waals surface area contributed by atoms with Crippen molar-refractivity contribution in [2.24, 2.45) is 0 Å². The molecule has 33 heavy (non-hydrogen) atoms. The topological polar surface area (TPSA) is 83.9 Å². The van der Waals surface area contributed by atoms with Crippen LogP contribution in [0.2, 0.25) is 0 Å². The van der Waals surface area contributed by atoms with Crippen molar-refractivity contribution < 1.29 is 23.1 Å². The molecule has 0 spiro atoms. The van der Waals surface area contributed by atoms with Crippen LogP contribution < -0.4 is 4.74 Å². The minimum Gasteiger partial charge on any atom is -0.478 e. The van der Waals surface area contributed by atoms with E-state index in [0.29, 0.717) is 16.9 Å². The Hall–Kier alpha value is -2.81. The van der Waals surface area contributed by atoms with E-state index in [1.54, 1.807) is 45.0 Å². The SMILES string of the molecule is CCc1ccc(Oc2ccc(SN(CC)S(=O)(=O)c3cc(C)c(C)c(C(=O)O)c3)cc2)cc1. The molecule has 0 atom stereocenters. The van der Waals surface area contributed by atoms with Crippen LogP contribution in [-0.4, -0.2) is 29.7 Å². The van der Waals surface area contributed by atoms with Gasteiger partial charge >= 0.3 is 5.97 Å². The van der Waals surface area contributed by atoms with Crippen molar-refractivity contribution in [3.8, 4) is 11.5 Å². The smallest absolute Gasteiger partial charge is 0.336 e. The molecule has 6 nitrogen and oxygen atoms in total. The fourth-order valence-corrected chi connectivity index (χ4v) is 5.91. The number of nitrogens with zero attached hydrogens (tertiary/aromatic N) is 1. The highest BCUT2D eigenvalue weighted by Gasteiger charge is 2.26. The summed E-state index contributed by atoms with van der Waals surface area (Å²) in [5, 5.41) is 9.44. The van der Waals surface area contributed by atoms with Gasteiger partial charge in [0.15, 0.2) is 0 Å². The summed E-state index contributed by atoms with van der Waals surface area (Å²) in [6, 6.07) is 17.8. The van der Waals surface area contributed by atoms with Gasteiger partial charge in [0, 0.05) is 11.4 Å². The molecule has 0 amide bonds. The Morgan fingerprint density at radius 1 is 0.970 bits per heavy atom. The molecule has 3 aromatic rings. The van der Waals surface area contributed by atoms with E-state index < -0.39 is 16.0 Å². The Kier molecular flexibility index (Phi) is 7.84. The van der Waals surface area contributed by atoms with Gasteiger partial charge in [-0.1, -0.05) is 26.0 Å². The van der Waals surface area contributed by atoms with Crippen LogP contribution in [0.15, 0.2) is 70.5 Å². The van der Waals surface area contributed by atoms with Crippen molar-refractivity contribution in [2.45, 2.75) is 43.9 Å². The van der Waals surface area contributed by atoms with Crippen molar-refractivity contribution in [1.82, 2.24) is 3.71 Å². The molecule has 0 heterocycles. The van der Waals surface area contributed by atoms with Gasteiger partial charge < -0.3 is 9.84 Å². The fraction of sp³-hybridized carbons (Fsp3) is 0.240. The molecule has 174 valence electrons. The standard InChI is InChI=1S/C25H27NO5S2/c1-5-19-7-9-20(10-8-19)31-21-11-13-22(14-12-21)32-26(6-2)33(29,30)23-15-17(3)18(4)24(16-23)25(27)28/h7-16H,5-6H2,1-4H3,(H,27,28). The molecule has 0 bridgehead atoms. The number of rotatable bonds is 9. The zero-order valence-electron chi connectivity index (χ0n) is 19.0. The number of hydrogen-bond donors (Lipinski definition) is 1. The van der Waals surface area contributed by atoms with Crippen LogP contribution in [0.4, 0.5) is 0 Å². The molecule has 0 saturated carbocycles. The summed E-state index contributed by atoms with van der Waals surface area (Å²) < 4.78 is 33.6. The number of carboxylic acids is 1. The summed E-state index contributed by atoms with van der Waals surface area (Å²) in [5.74, 6) is 0.229. The molecule has 0 radical (unpaired) electrons. The first-order valence-corrected chi connectivity index (χ1v) is 12.8. The van der Waals surface area contributed by atoms with Gasteiger partial charge in [-0.05, 0) is 97.4 Å². The Morgan fingerprint density at radius 3 is 2.06 bits per heavy atom. The third kappa shape index (κ3) is 5.76. The van der Waals surface area contributed by atoms with Gasteiger partial charge in [-0.2, -0.15) is 0 Å². The molecular weight excluding hydrogens is 458 g/mol. The average Bonchev–Trinajstić information content (AvgIpc) is 2.80. The van der Waals surface area contributed by atoms with E-state index >= 15 is 0 Å². The highest BCUT2D eigenvalue weighted by Crippen LogP contribution is 2.32. The van der Waals surface area contributed by atoms with Crippen molar-refractivity contribution in [3.63, 3.8) is 0 Å². The first-order valence-electron chi connectivity index (χ1n) is 10.6.